The second-order valence-corrected chi connectivity index (χ2v) is 9.66. The first kappa shape index (κ1) is 23.0. The minimum Gasteiger partial charge on any atom is -0.486 e. The number of carbonyl (C=O) groups is 1. The smallest absolute Gasteiger partial charge is 0.253 e. The number of ether oxygens (including phenoxy) is 2. The quantitative estimate of drug-likeness (QED) is 0.550. The Balaban J connectivity index is 1.45. The zero-order valence-electron chi connectivity index (χ0n) is 17.8. The Bertz CT molecular complexity index is 1250. The normalized spacial score (nSPS) is 15.2. The Kier molecular flexibility index (Phi) is 6.83. The number of nitrogens with zero attached hydrogens (tertiary/aromatic N) is 2. The third-order valence-electron chi connectivity index (χ3n) is 5.05. The van der Waals surface area contributed by atoms with Gasteiger partial charge >= 0.3 is 0 Å². The average molecular weight is 488 g/mol. The number of amides is 1. The van der Waals surface area contributed by atoms with Gasteiger partial charge in [-0.1, -0.05) is 29.8 Å². The molecular formula is C23H22ClN3O5S. The van der Waals surface area contributed by atoms with Crippen molar-refractivity contribution in [2.75, 3.05) is 20.2 Å². The molecule has 172 valence electrons. The molecule has 0 fully saturated rings. The van der Waals surface area contributed by atoms with Crippen LogP contribution in [-0.2, 0) is 16.6 Å². The average Bonchev–Trinajstić information content (AvgIpc) is 2.83. The number of likely N-dealkylation sites (N-methyl/N-ethyl adjacent to an activating group) is 1. The molecule has 1 amide bonds. The van der Waals surface area contributed by atoms with Crippen molar-refractivity contribution in [3.05, 3.63) is 83.1 Å². The molecule has 0 saturated carbocycles. The van der Waals surface area contributed by atoms with Crippen molar-refractivity contribution in [3.8, 4) is 11.5 Å². The first-order chi connectivity index (χ1) is 15.8. The largest absolute Gasteiger partial charge is 0.486 e. The van der Waals surface area contributed by atoms with Gasteiger partial charge in [0.15, 0.2) is 17.6 Å². The minimum absolute atomic E-state index is 0.0218. The molecule has 0 radical (unpaired) electrons. The van der Waals surface area contributed by atoms with E-state index in [1.807, 2.05) is 18.2 Å². The number of fused-ring (bicyclic) bond motifs is 1. The number of aromatic nitrogens is 1. The van der Waals surface area contributed by atoms with Crippen LogP contribution in [0.5, 0.6) is 11.5 Å². The van der Waals surface area contributed by atoms with E-state index in [1.54, 1.807) is 37.6 Å². The fourth-order valence-corrected chi connectivity index (χ4v) is 4.90. The van der Waals surface area contributed by atoms with Crippen LogP contribution in [0.4, 0.5) is 0 Å². The first-order valence-corrected chi connectivity index (χ1v) is 12.0. The third kappa shape index (κ3) is 5.44. The zero-order chi connectivity index (χ0) is 23.4. The zero-order valence-corrected chi connectivity index (χ0v) is 19.3. The van der Waals surface area contributed by atoms with Gasteiger partial charge in [-0.3, -0.25) is 9.78 Å². The SMILES string of the molecule is CN(C[C@H]1COc2ccccc2O1)C(=O)c1ccc(Cl)c(S(=O)(=O)NCc2cccnc2)c1. The molecule has 1 aliphatic rings. The molecule has 2 heterocycles. The lowest BCUT2D eigenvalue weighted by atomic mass is 10.2. The maximum Gasteiger partial charge on any atom is 0.253 e. The molecule has 1 N–H and O–H groups in total. The summed E-state index contributed by atoms with van der Waals surface area (Å²) in [4.78, 5) is 18.3. The number of hydrogen-bond donors (Lipinski definition) is 1. The number of rotatable bonds is 7. The summed E-state index contributed by atoms with van der Waals surface area (Å²) in [5, 5.41) is 0.0218. The van der Waals surface area contributed by atoms with Crippen LogP contribution in [0.1, 0.15) is 15.9 Å². The number of hydrogen-bond acceptors (Lipinski definition) is 6. The van der Waals surface area contributed by atoms with Crippen LogP contribution in [-0.4, -0.2) is 50.5 Å². The van der Waals surface area contributed by atoms with Gasteiger partial charge in [-0.05, 0) is 42.0 Å². The summed E-state index contributed by atoms with van der Waals surface area (Å²) in [5.41, 5.74) is 0.890. The van der Waals surface area contributed by atoms with Crippen molar-refractivity contribution < 1.29 is 22.7 Å². The van der Waals surface area contributed by atoms with Crippen molar-refractivity contribution in [3.63, 3.8) is 0 Å². The van der Waals surface area contributed by atoms with E-state index in [2.05, 4.69) is 9.71 Å². The molecule has 0 unspecified atom stereocenters. The summed E-state index contributed by atoms with van der Waals surface area (Å²) in [6.45, 7) is 0.606. The molecule has 1 atom stereocenters. The molecule has 2 aromatic carbocycles. The molecule has 33 heavy (non-hydrogen) atoms. The van der Waals surface area contributed by atoms with E-state index in [0.29, 0.717) is 23.7 Å². The van der Waals surface area contributed by atoms with Crippen LogP contribution in [0.25, 0.3) is 0 Å². The second kappa shape index (κ2) is 9.78. The van der Waals surface area contributed by atoms with Gasteiger partial charge in [0, 0.05) is 31.5 Å². The van der Waals surface area contributed by atoms with Crippen molar-refractivity contribution >= 4 is 27.5 Å². The molecule has 0 saturated heterocycles. The second-order valence-electron chi connectivity index (χ2n) is 7.51. The summed E-state index contributed by atoms with van der Waals surface area (Å²) in [6.07, 6.45) is 2.81. The predicted molar refractivity (Wildman–Crippen MR) is 123 cm³/mol. The lowest BCUT2D eigenvalue weighted by Crippen LogP contribution is -2.41. The standard InChI is InChI=1S/C23H22ClN3O5S/c1-27(14-18-15-31-20-6-2-3-7-21(20)32-18)23(28)17-8-9-19(24)22(11-17)33(29,30)26-13-16-5-4-10-25-12-16/h2-12,18,26H,13-15H2,1H3/t18-/m0/s1. The van der Waals surface area contributed by atoms with E-state index in [1.165, 1.54) is 23.1 Å². The Labute approximate surface area is 197 Å². The highest BCUT2D eigenvalue weighted by molar-refractivity contribution is 7.89. The molecule has 10 heteroatoms. The highest BCUT2D eigenvalue weighted by Gasteiger charge is 2.26. The van der Waals surface area contributed by atoms with Crippen molar-refractivity contribution in [1.82, 2.24) is 14.6 Å². The fourth-order valence-electron chi connectivity index (χ4n) is 3.36. The van der Waals surface area contributed by atoms with Crippen LogP contribution in [0.3, 0.4) is 0 Å². The van der Waals surface area contributed by atoms with E-state index in [4.69, 9.17) is 21.1 Å². The summed E-state index contributed by atoms with van der Waals surface area (Å²) in [5.74, 6) is 0.918. The number of nitrogens with one attached hydrogen (secondary N) is 1. The van der Waals surface area contributed by atoms with Gasteiger partial charge in [0.05, 0.1) is 11.6 Å². The molecule has 1 aromatic heterocycles. The lowest BCUT2D eigenvalue weighted by Gasteiger charge is -2.29. The summed E-state index contributed by atoms with van der Waals surface area (Å²) >= 11 is 6.16. The van der Waals surface area contributed by atoms with Gasteiger partial charge in [0.2, 0.25) is 10.0 Å². The van der Waals surface area contributed by atoms with Gasteiger partial charge in [0.1, 0.15) is 11.5 Å². The number of para-hydroxylation sites is 2. The van der Waals surface area contributed by atoms with E-state index in [9.17, 15) is 13.2 Å². The Morgan fingerprint density at radius 3 is 2.73 bits per heavy atom. The predicted octanol–water partition coefficient (Wildman–Crippen LogP) is 3.13. The third-order valence-corrected chi connectivity index (χ3v) is 6.93. The molecular weight excluding hydrogens is 466 g/mol. The summed E-state index contributed by atoms with van der Waals surface area (Å²) in [6, 6.07) is 15.0. The Morgan fingerprint density at radius 1 is 1.18 bits per heavy atom. The number of carbonyl (C=O) groups excluding carboxylic acids is 1. The maximum absolute atomic E-state index is 13.0. The van der Waals surface area contributed by atoms with E-state index >= 15 is 0 Å². The van der Waals surface area contributed by atoms with Crippen molar-refractivity contribution in [2.45, 2.75) is 17.5 Å². The van der Waals surface area contributed by atoms with E-state index < -0.39 is 10.0 Å². The van der Waals surface area contributed by atoms with Crippen LogP contribution in [0.15, 0.2) is 71.9 Å². The number of benzene rings is 2. The monoisotopic (exact) mass is 487 g/mol. The Morgan fingerprint density at radius 2 is 1.97 bits per heavy atom. The van der Waals surface area contributed by atoms with Crippen molar-refractivity contribution in [2.24, 2.45) is 0 Å². The molecule has 3 aromatic rings. The fraction of sp³-hybridized carbons (Fsp3) is 0.217. The molecule has 1 aliphatic heterocycles. The number of sulfonamides is 1. The highest BCUT2D eigenvalue weighted by Crippen LogP contribution is 2.31. The first-order valence-electron chi connectivity index (χ1n) is 10.2. The Hall–Kier alpha value is -3.14. The molecule has 4 rings (SSSR count). The number of pyridine rings is 1. The summed E-state index contributed by atoms with van der Waals surface area (Å²) < 4.78 is 39.7. The maximum atomic E-state index is 13.0. The number of halogens is 1. The molecule has 0 aliphatic carbocycles. The highest BCUT2D eigenvalue weighted by atomic mass is 35.5. The topological polar surface area (TPSA) is 97.8 Å². The van der Waals surface area contributed by atoms with Crippen LogP contribution in [0.2, 0.25) is 5.02 Å². The minimum atomic E-state index is -3.96. The van der Waals surface area contributed by atoms with Gasteiger partial charge in [-0.15, -0.1) is 0 Å². The van der Waals surface area contributed by atoms with Crippen molar-refractivity contribution in [1.29, 1.82) is 0 Å². The van der Waals surface area contributed by atoms with E-state index in [0.717, 1.165) is 0 Å². The van der Waals surface area contributed by atoms with Crippen LogP contribution >= 0.6 is 11.6 Å². The molecule has 8 nitrogen and oxygen atoms in total. The van der Waals surface area contributed by atoms with Gasteiger partial charge in [0.25, 0.3) is 5.91 Å². The van der Waals surface area contributed by atoms with Gasteiger partial charge in [-0.25, -0.2) is 13.1 Å². The lowest BCUT2D eigenvalue weighted by molar-refractivity contribution is 0.0521. The summed E-state index contributed by atoms with van der Waals surface area (Å²) in [7, 11) is -2.34. The van der Waals surface area contributed by atoms with Gasteiger partial charge in [-0.2, -0.15) is 0 Å². The molecule has 0 spiro atoms. The molecule has 0 bridgehead atoms. The van der Waals surface area contributed by atoms with Crippen LogP contribution in [0, 0.1) is 0 Å². The van der Waals surface area contributed by atoms with Crippen LogP contribution < -0.4 is 14.2 Å². The van der Waals surface area contributed by atoms with Gasteiger partial charge < -0.3 is 14.4 Å². The van der Waals surface area contributed by atoms with E-state index in [-0.39, 0.29) is 40.6 Å².